The topological polar surface area (TPSA) is 89.6 Å². The lowest BCUT2D eigenvalue weighted by atomic mass is 10.1. The average molecular weight is 445 g/mol. The van der Waals surface area contributed by atoms with Crippen molar-refractivity contribution in [3.63, 3.8) is 0 Å². The Morgan fingerprint density at radius 2 is 1.52 bits per heavy atom. The number of carbonyl (C=O) groups is 2. The average Bonchev–Trinajstić information content (AvgIpc) is 2.82. The molecule has 0 spiro atoms. The molecule has 0 aliphatic carbocycles. The maximum Gasteiger partial charge on any atom is 0.303 e. The Balaban J connectivity index is 0.000000218. The van der Waals surface area contributed by atoms with Crippen LogP contribution in [0.5, 0.6) is 5.75 Å². The van der Waals surface area contributed by atoms with Crippen molar-refractivity contribution in [3.8, 4) is 5.75 Å². The van der Waals surface area contributed by atoms with Crippen LogP contribution in [0.2, 0.25) is 0 Å². The van der Waals surface area contributed by atoms with Gasteiger partial charge in [-0.3, -0.25) is 9.59 Å². The highest BCUT2D eigenvalue weighted by atomic mass is 19.1. The van der Waals surface area contributed by atoms with Gasteiger partial charge in [0, 0.05) is 12.0 Å². The van der Waals surface area contributed by atoms with Gasteiger partial charge in [-0.1, -0.05) is 60.7 Å². The first kappa shape index (κ1) is 23.5. The van der Waals surface area contributed by atoms with E-state index in [9.17, 15) is 14.0 Å². The fourth-order valence-corrected chi connectivity index (χ4v) is 3.15. The Labute approximate surface area is 191 Å². The first-order valence-corrected chi connectivity index (χ1v) is 10.4. The Morgan fingerprint density at radius 3 is 2.21 bits per heavy atom. The van der Waals surface area contributed by atoms with Crippen molar-refractivity contribution in [2.75, 3.05) is 0 Å². The molecule has 0 aliphatic heterocycles. The van der Waals surface area contributed by atoms with E-state index in [-0.39, 0.29) is 18.7 Å². The lowest BCUT2D eigenvalue weighted by Gasteiger charge is -2.08. The highest BCUT2D eigenvalue weighted by Crippen LogP contribution is 2.22. The van der Waals surface area contributed by atoms with E-state index in [0.717, 1.165) is 22.1 Å². The van der Waals surface area contributed by atoms with Crippen molar-refractivity contribution in [1.82, 2.24) is 0 Å². The predicted octanol–water partition coefficient (Wildman–Crippen LogP) is 5.36. The van der Waals surface area contributed by atoms with Gasteiger partial charge in [0.25, 0.3) is 0 Å². The number of aryl methyl sites for hydroxylation is 1. The van der Waals surface area contributed by atoms with Gasteiger partial charge in [-0.15, -0.1) is 0 Å². The first-order chi connectivity index (χ1) is 15.9. The summed E-state index contributed by atoms with van der Waals surface area (Å²) < 4.78 is 18.6. The molecule has 1 amide bonds. The molecule has 168 valence electrons. The number of rotatable bonds is 7. The molecule has 33 heavy (non-hydrogen) atoms. The number of hydrogen-bond donors (Lipinski definition) is 2. The molecule has 5 nitrogen and oxygen atoms in total. The summed E-state index contributed by atoms with van der Waals surface area (Å²) in [5, 5.41) is 10.3. The van der Waals surface area contributed by atoms with E-state index in [2.05, 4.69) is 0 Å². The number of benzene rings is 4. The number of amides is 1. The largest absolute Gasteiger partial charge is 0.489 e. The quantitative estimate of drug-likeness (QED) is 0.401. The minimum Gasteiger partial charge on any atom is -0.489 e. The number of nitrogens with two attached hydrogens (primary N) is 1. The highest BCUT2D eigenvalue weighted by Gasteiger charge is 2.04. The molecule has 0 aromatic heterocycles. The number of carboxylic acid groups (broad SMARTS) is 1. The normalized spacial score (nSPS) is 10.2. The van der Waals surface area contributed by atoms with E-state index in [4.69, 9.17) is 15.6 Å². The van der Waals surface area contributed by atoms with Gasteiger partial charge in [-0.05, 0) is 58.7 Å². The van der Waals surface area contributed by atoms with E-state index in [1.165, 1.54) is 6.07 Å². The van der Waals surface area contributed by atoms with Gasteiger partial charge < -0.3 is 15.6 Å². The number of carboxylic acids is 1. The van der Waals surface area contributed by atoms with E-state index in [0.29, 0.717) is 17.7 Å². The van der Waals surface area contributed by atoms with Gasteiger partial charge in [-0.2, -0.15) is 0 Å². The summed E-state index contributed by atoms with van der Waals surface area (Å²) in [6.45, 7) is 0.533. The minimum atomic E-state index is -0.904. The Bertz CT molecular complexity index is 1240. The van der Waals surface area contributed by atoms with Crippen LogP contribution in [-0.2, 0) is 17.8 Å². The zero-order valence-corrected chi connectivity index (χ0v) is 17.9. The second-order valence-corrected chi connectivity index (χ2v) is 7.35. The molecule has 0 heterocycles. The van der Waals surface area contributed by atoms with Crippen LogP contribution >= 0.6 is 0 Å². The number of hydrogen-bond acceptors (Lipinski definition) is 3. The monoisotopic (exact) mass is 445 g/mol. The molecule has 0 aliphatic rings. The van der Waals surface area contributed by atoms with Gasteiger partial charge in [0.15, 0.2) is 0 Å². The van der Waals surface area contributed by atoms with Gasteiger partial charge in [0.2, 0.25) is 5.91 Å². The van der Waals surface area contributed by atoms with Crippen LogP contribution in [0, 0.1) is 5.82 Å². The van der Waals surface area contributed by atoms with Crippen LogP contribution in [-0.4, -0.2) is 17.0 Å². The van der Waals surface area contributed by atoms with E-state index in [1.54, 1.807) is 30.3 Å². The Hall–Kier alpha value is -4.19. The zero-order chi connectivity index (χ0) is 23.6. The summed E-state index contributed by atoms with van der Waals surface area (Å²) >= 11 is 0. The first-order valence-electron chi connectivity index (χ1n) is 10.4. The third-order valence-electron chi connectivity index (χ3n) is 4.91. The van der Waals surface area contributed by atoms with Gasteiger partial charge in [-0.25, -0.2) is 4.39 Å². The zero-order valence-electron chi connectivity index (χ0n) is 17.9. The molecule has 4 rings (SSSR count). The van der Waals surface area contributed by atoms with Crippen LogP contribution in [0.1, 0.15) is 27.9 Å². The molecule has 0 atom stereocenters. The summed E-state index contributed by atoms with van der Waals surface area (Å²) in [4.78, 5) is 21.3. The van der Waals surface area contributed by atoms with Crippen LogP contribution in [0.4, 0.5) is 4.39 Å². The van der Waals surface area contributed by atoms with Crippen molar-refractivity contribution in [1.29, 1.82) is 0 Å². The fraction of sp³-hybridized carbons (Fsp3) is 0.111. The molecule has 0 bridgehead atoms. The summed E-state index contributed by atoms with van der Waals surface area (Å²) in [5.74, 6) is -0.850. The number of aliphatic carboxylic acids is 1. The van der Waals surface area contributed by atoms with Crippen molar-refractivity contribution < 1.29 is 23.8 Å². The summed E-state index contributed by atoms with van der Waals surface area (Å²) in [6.07, 6.45) is 0.225. The number of fused-ring (bicyclic) bond motifs is 1. The number of ether oxygens (including phenoxy) is 1. The maximum atomic E-state index is 12.8. The van der Waals surface area contributed by atoms with Gasteiger partial charge in [0.05, 0.1) is 0 Å². The molecular weight excluding hydrogens is 421 g/mol. The van der Waals surface area contributed by atoms with E-state index >= 15 is 0 Å². The minimum absolute atomic E-state index is 0.0269. The van der Waals surface area contributed by atoms with Gasteiger partial charge >= 0.3 is 5.97 Å². The molecule has 0 fully saturated rings. The molecule has 4 aromatic rings. The molecule has 3 N–H and O–H groups in total. The van der Waals surface area contributed by atoms with Crippen molar-refractivity contribution in [3.05, 3.63) is 114 Å². The molecule has 4 aromatic carbocycles. The Kier molecular flexibility index (Phi) is 8.13. The van der Waals surface area contributed by atoms with Crippen LogP contribution in [0.25, 0.3) is 10.8 Å². The SMILES string of the molecule is NC(=O)c1ccc2cc(OCc3ccccc3)ccc2c1.O=C(O)CCc1ccccc1F. The predicted molar refractivity (Wildman–Crippen MR) is 126 cm³/mol. The van der Waals surface area contributed by atoms with Crippen molar-refractivity contribution in [2.24, 2.45) is 5.73 Å². The van der Waals surface area contributed by atoms with Crippen molar-refractivity contribution >= 4 is 22.6 Å². The molecule has 0 unspecified atom stereocenters. The maximum absolute atomic E-state index is 12.8. The molecule has 0 radical (unpaired) electrons. The second kappa shape index (κ2) is 11.4. The molecule has 0 saturated heterocycles. The van der Waals surface area contributed by atoms with Crippen LogP contribution in [0.3, 0.4) is 0 Å². The number of primary amides is 1. The number of carbonyl (C=O) groups excluding carboxylic acids is 1. The van der Waals surface area contributed by atoms with Crippen LogP contribution < -0.4 is 10.5 Å². The molecular formula is C27H24FNO4. The summed E-state index contributed by atoms with van der Waals surface area (Å²) in [5.41, 5.74) is 7.38. The highest BCUT2D eigenvalue weighted by molar-refractivity contribution is 5.97. The third kappa shape index (κ3) is 7.18. The molecule has 6 heteroatoms. The van der Waals surface area contributed by atoms with Crippen LogP contribution in [0.15, 0.2) is 91.0 Å². The van der Waals surface area contributed by atoms with E-state index in [1.807, 2.05) is 54.6 Å². The van der Waals surface area contributed by atoms with E-state index < -0.39 is 11.9 Å². The lowest BCUT2D eigenvalue weighted by Crippen LogP contribution is -2.10. The third-order valence-corrected chi connectivity index (χ3v) is 4.91. The number of halogens is 1. The fourth-order valence-electron chi connectivity index (χ4n) is 3.15. The standard InChI is InChI=1S/C18H15NO2.C9H9FO2/c19-18(20)16-7-6-15-11-17(9-8-14(15)10-16)21-12-13-4-2-1-3-5-13;10-8-4-2-1-3-7(8)5-6-9(11)12/h1-11H,12H2,(H2,19,20);1-4H,5-6H2,(H,11,12). The summed E-state index contributed by atoms with van der Waals surface area (Å²) in [6, 6.07) is 27.4. The van der Waals surface area contributed by atoms with Crippen molar-refractivity contribution in [2.45, 2.75) is 19.4 Å². The molecule has 0 saturated carbocycles. The smallest absolute Gasteiger partial charge is 0.303 e. The Morgan fingerprint density at radius 1 is 0.848 bits per heavy atom. The summed E-state index contributed by atoms with van der Waals surface area (Å²) in [7, 11) is 0. The van der Waals surface area contributed by atoms with Gasteiger partial charge in [0.1, 0.15) is 18.2 Å². The second-order valence-electron chi connectivity index (χ2n) is 7.35. The lowest BCUT2D eigenvalue weighted by molar-refractivity contribution is -0.136.